The Morgan fingerprint density at radius 2 is 2.57 bits per heavy atom. The number of rotatable bonds is 0. The standard InChI is InChI=1S/C3BrFNS/c4-2-3(5)7-1-6-2. The topological polar surface area (TPSA) is 12.9 Å². The van der Waals surface area contributed by atoms with Gasteiger partial charge in [0.1, 0.15) is 0 Å². The average Bonchev–Trinajstić information content (AvgIpc) is 1.91. The molecule has 0 bridgehead atoms. The van der Waals surface area contributed by atoms with E-state index in [0.29, 0.717) is 0 Å². The van der Waals surface area contributed by atoms with Gasteiger partial charge < -0.3 is 0 Å². The van der Waals surface area contributed by atoms with Gasteiger partial charge in [-0.15, -0.1) is 0 Å². The summed E-state index contributed by atoms with van der Waals surface area (Å²) in [6.45, 7) is 0. The number of hydrogen-bond donors (Lipinski definition) is 0. The van der Waals surface area contributed by atoms with Gasteiger partial charge in [0.2, 0.25) is 5.13 Å². The maximum atomic E-state index is 12.0. The first-order valence-electron chi connectivity index (χ1n) is 1.48. The van der Waals surface area contributed by atoms with E-state index in [-0.39, 0.29) is 9.73 Å². The van der Waals surface area contributed by atoms with Gasteiger partial charge in [0.05, 0.1) is 0 Å². The zero-order valence-electron chi connectivity index (χ0n) is 3.11. The van der Waals surface area contributed by atoms with Crippen LogP contribution in [0.3, 0.4) is 0 Å². The van der Waals surface area contributed by atoms with Crippen molar-refractivity contribution in [2.75, 3.05) is 0 Å². The largest absolute Gasteiger partial charge is 0.223 e. The fourth-order valence-electron chi connectivity index (χ4n) is 0.189. The minimum absolute atomic E-state index is 0.248. The molecule has 0 spiro atoms. The van der Waals surface area contributed by atoms with Gasteiger partial charge in [0.15, 0.2) is 10.1 Å². The van der Waals surface area contributed by atoms with Crippen molar-refractivity contribution in [3.05, 3.63) is 15.2 Å². The van der Waals surface area contributed by atoms with E-state index in [1.165, 1.54) is 0 Å². The second-order valence-electron chi connectivity index (χ2n) is 0.870. The molecule has 7 heavy (non-hydrogen) atoms. The van der Waals surface area contributed by atoms with Crippen molar-refractivity contribution in [3.8, 4) is 0 Å². The molecule has 37 valence electrons. The second-order valence-corrected chi connectivity index (χ2v) is 2.37. The molecule has 0 atom stereocenters. The molecule has 4 heteroatoms. The van der Waals surface area contributed by atoms with Crippen molar-refractivity contribution >= 4 is 27.3 Å². The van der Waals surface area contributed by atoms with E-state index < -0.39 is 0 Å². The van der Waals surface area contributed by atoms with Crippen LogP contribution >= 0.6 is 27.3 Å². The minimum atomic E-state index is -0.319. The maximum absolute atomic E-state index is 12.0. The summed E-state index contributed by atoms with van der Waals surface area (Å²) in [5.74, 6) is 0. The molecule has 0 aliphatic heterocycles. The summed E-state index contributed by atoms with van der Waals surface area (Å²) in [4.78, 5) is 3.45. The molecule has 1 radical (unpaired) electrons. The smallest absolute Gasteiger partial charge is 0.211 e. The molecular formula is C3BrFNS. The third kappa shape index (κ3) is 0.978. The number of nitrogens with zero attached hydrogens (tertiary/aromatic N) is 1. The monoisotopic (exact) mass is 180 g/mol. The molecular weight excluding hydrogens is 181 g/mol. The van der Waals surface area contributed by atoms with Crippen molar-refractivity contribution in [1.29, 1.82) is 0 Å². The van der Waals surface area contributed by atoms with E-state index in [1.54, 1.807) is 0 Å². The summed E-state index contributed by atoms with van der Waals surface area (Å²) in [6, 6.07) is 0. The number of aromatic nitrogens is 1. The third-order valence-corrected chi connectivity index (χ3v) is 1.78. The quantitative estimate of drug-likeness (QED) is 0.595. The van der Waals surface area contributed by atoms with Gasteiger partial charge in [-0.2, -0.15) is 4.39 Å². The minimum Gasteiger partial charge on any atom is -0.223 e. The lowest BCUT2D eigenvalue weighted by Gasteiger charge is -1.70. The van der Waals surface area contributed by atoms with Crippen LogP contribution in [0.15, 0.2) is 4.60 Å². The average molecular weight is 181 g/mol. The Kier molecular flexibility index (Phi) is 1.39. The Hall–Kier alpha value is 0.0400. The molecule has 1 rings (SSSR count). The Bertz CT molecular complexity index is 147. The van der Waals surface area contributed by atoms with Crippen molar-refractivity contribution in [2.45, 2.75) is 0 Å². The second kappa shape index (κ2) is 1.88. The molecule has 0 unspecified atom stereocenters. The van der Waals surface area contributed by atoms with Crippen LogP contribution in [0, 0.1) is 10.6 Å². The van der Waals surface area contributed by atoms with Crippen LogP contribution < -0.4 is 0 Å². The highest BCUT2D eigenvalue weighted by Gasteiger charge is 1.97. The molecule has 0 N–H and O–H groups in total. The van der Waals surface area contributed by atoms with Crippen molar-refractivity contribution in [3.63, 3.8) is 0 Å². The van der Waals surface area contributed by atoms with E-state index in [4.69, 9.17) is 0 Å². The van der Waals surface area contributed by atoms with Gasteiger partial charge in [0, 0.05) is 0 Å². The fraction of sp³-hybridized carbons (Fsp3) is 0. The van der Waals surface area contributed by atoms with Crippen LogP contribution in [-0.4, -0.2) is 4.98 Å². The van der Waals surface area contributed by atoms with Gasteiger partial charge in [-0.3, -0.25) is 0 Å². The molecule has 0 saturated heterocycles. The molecule has 0 aliphatic rings. The normalized spacial score (nSPS) is 9.43. The first kappa shape index (κ1) is 5.18. The molecule has 0 aliphatic carbocycles. The van der Waals surface area contributed by atoms with Crippen LogP contribution in [0.2, 0.25) is 0 Å². The first-order valence-corrected chi connectivity index (χ1v) is 3.09. The molecule has 0 fully saturated rings. The lowest BCUT2D eigenvalue weighted by Crippen LogP contribution is -1.61. The summed E-state index contributed by atoms with van der Waals surface area (Å²) in [5.41, 5.74) is 2.37. The molecule has 0 aromatic carbocycles. The summed E-state index contributed by atoms with van der Waals surface area (Å²) >= 11 is 3.71. The Balaban J connectivity index is 3.12. The highest BCUT2D eigenvalue weighted by molar-refractivity contribution is 9.10. The summed E-state index contributed by atoms with van der Waals surface area (Å²) in [6.07, 6.45) is 0. The van der Waals surface area contributed by atoms with Gasteiger partial charge >= 0.3 is 0 Å². The van der Waals surface area contributed by atoms with Gasteiger partial charge in [-0.25, -0.2) is 4.98 Å². The maximum Gasteiger partial charge on any atom is 0.211 e. The Labute approximate surface area is 52.3 Å². The lowest BCUT2D eigenvalue weighted by molar-refractivity contribution is 0.646. The number of halogens is 2. The molecule has 0 saturated carbocycles. The zero-order valence-corrected chi connectivity index (χ0v) is 5.51. The van der Waals surface area contributed by atoms with E-state index in [2.05, 4.69) is 26.4 Å². The zero-order chi connectivity index (χ0) is 5.28. The van der Waals surface area contributed by atoms with Gasteiger partial charge in [-0.05, 0) is 15.9 Å². The Morgan fingerprint density at radius 3 is 2.71 bits per heavy atom. The molecule has 1 heterocycles. The predicted molar refractivity (Wildman–Crippen MR) is 28.6 cm³/mol. The number of thiazole rings is 1. The predicted octanol–water partition coefficient (Wildman–Crippen LogP) is 1.84. The molecule has 1 aromatic rings. The van der Waals surface area contributed by atoms with Crippen LogP contribution in [0.5, 0.6) is 0 Å². The van der Waals surface area contributed by atoms with Crippen LogP contribution in [0.4, 0.5) is 4.39 Å². The summed E-state index contributed by atoms with van der Waals surface area (Å²) in [5, 5.41) is -0.319. The van der Waals surface area contributed by atoms with Crippen LogP contribution in [0.25, 0.3) is 0 Å². The highest BCUT2D eigenvalue weighted by Crippen LogP contribution is 2.14. The van der Waals surface area contributed by atoms with E-state index in [0.717, 1.165) is 11.3 Å². The third-order valence-electron chi connectivity index (χ3n) is 0.441. The van der Waals surface area contributed by atoms with E-state index in [1.807, 2.05) is 0 Å². The molecule has 1 nitrogen and oxygen atoms in total. The van der Waals surface area contributed by atoms with Crippen molar-refractivity contribution in [1.82, 2.24) is 4.98 Å². The van der Waals surface area contributed by atoms with Crippen molar-refractivity contribution < 1.29 is 4.39 Å². The van der Waals surface area contributed by atoms with E-state index in [9.17, 15) is 4.39 Å². The van der Waals surface area contributed by atoms with E-state index >= 15 is 0 Å². The Morgan fingerprint density at radius 1 is 1.86 bits per heavy atom. The SMILES string of the molecule is Fc1s[c]nc1Br. The number of hydrogen-bond acceptors (Lipinski definition) is 2. The first-order chi connectivity index (χ1) is 3.30. The van der Waals surface area contributed by atoms with Gasteiger partial charge in [-0.1, -0.05) is 11.3 Å². The lowest BCUT2D eigenvalue weighted by atomic mass is 11.0. The fourth-order valence-corrected chi connectivity index (χ4v) is 0.985. The van der Waals surface area contributed by atoms with Gasteiger partial charge in [0.25, 0.3) is 0 Å². The summed E-state index contributed by atoms with van der Waals surface area (Å²) in [7, 11) is 0. The highest BCUT2D eigenvalue weighted by atomic mass is 79.9. The van der Waals surface area contributed by atoms with Crippen molar-refractivity contribution in [2.24, 2.45) is 0 Å². The van der Waals surface area contributed by atoms with Crippen LogP contribution in [0.1, 0.15) is 0 Å². The van der Waals surface area contributed by atoms with Crippen LogP contribution in [-0.2, 0) is 0 Å². The molecule has 0 amide bonds. The molecule has 1 aromatic heterocycles. The summed E-state index contributed by atoms with van der Waals surface area (Å²) < 4.78 is 12.2.